The van der Waals surface area contributed by atoms with Crippen molar-refractivity contribution < 1.29 is 18.7 Å². The van der Waals surface area contributed by atoms with Gasteiger partial charge >= 0.3 is 0 Å². The third-order valence-corrected chi connectivity index (χ3v) is 5.80. The summed E-state index contributed by atoms with van der Waals surface area (Å²) >= 11 is 1.54. The molecule has 7 heteroatoms. The molecule has 0 radical (unpaired) electrons. The SMILES string of the molecule is C[C@@H](NC(=O)c1ccc(-c2nc3ccccc3s2)o1)c1ccc2c(c1)OCCO2. The summed E-state index contributed by atoms with van der Waals surface area (Å²) in [4.78, 5) is 17.2. The lowest BCUT2D eigenvalue weighted by Gasteiger charge is -2.21. The zero-order chi connectivity index (χ0) is 19.8. The predicted octanol–water partition coefficient (Wildman–Crippen LogP) is 4.82. The van der Waals surface area contributed by atoms with Crippen molar-refractivity contribution in [1.82, 2.24) is 10.3 Å². The third kappa shape index (κ3) is 3.45. The average molecular weight is 406 g/mol. The second kappa shape index (κ2) is 7.25. The highest BCUT2D eigenvalue weighted by Crippen LogP contribution is 2.33. The first-order valence-electron chi connectivity index (χ1n) is 9.33. The summed E-state index contributed by atoms with van der Waals surface area (Å²) in [5.41, 5.74) is 1.85. The van der Waals surface area contributed by atoms with Gasteiger partial charge < -0.3 is 19.2 Å². The summed E-state index contributed by atoms with van der Waals surface area (Å²) in [6.07, 6.45) is 0. The number of carbonyl (C=O) groups excluding carboxylic acids is 1. The molecule has 2 aromatic heterocycles. The summed E-state index contributed by atoms with van der Waals surface area (Å²) < 4.78 is 18.0. The Morgan fingerprint density at radius 3 is 2.76 bits per heavy atom. The summed E-state index contributed by atoms with van der Waals surface area (Å²) in [6.45, 7) is 2.99. The van der Waals surface area contributed by atoms with E-state index in [-0.39, 0.29) is 17.7 Å². The molecule has 146 valence electrons. The standard InChI is InChI=1S/C22H18N2O4S/c1-13(14-6-7-16-19(12-14)27-11-10-26-16)23-21(25)17-8-9-18(28-17)22-24-15-4-2-3-5-20(15)29-22/h2-9,12-13H,10-11H2,1H3,(H,23,25)/t13-/m1/s1. The van der Waals surface area contributed by atoms with Gasteiger partial charge in [-0.3, -0.25) is 4.79 Å². The molecule has 0 unspecified atom stereocenters. The number of nitrogens with zero attached hydrogens (tertiary/aromatic N) is 1. The Morgan fingerprint density at radius 1 is 1.07 bits per heavy atom. The number of furan rings is 1. The molecule has 1 aliphatic rings. The van der Waals surface area contributed by atoms with Crippen LogP contribution in [0.15, 0.2) is 59.0 Å². The fourth-order valence-corrected chi connectivity index (χ4v) is 4.16. The third-order valence-electron chi connectivity index (χ3n) is 4.75. The van der Waals surface area contributed by atoms with Gasteiger partial charge in [-0.1, -0.05) is 18.2 Å². The molecule has 0 spiro atoms. The zero-order valence-corrected chi connectivity index (χ0v) is 16.5. The first kappa shape index (κ1) is 17.8. The summed E-state index contributed by atoms with van der Waals surface area (Å²) in [5.74, 6) is 1.99. The Hall–Kier alpha value is -3.32. The first-order valence-corrected chi connectivity index (χ1v) is 10.2. The molecule has 2 aromatic carbocycles. The van der Waals surface area contributed by atoms with Crippen molar-refractivity contribution >= 4 is 27.5 Å². The van der Waals surface area contributed by atoms with E-state index in [0.29, 0.717) is 24.7 Å². The summed E-state index contributed by atoms with van der Waals surface area (Å²) in [7, 11) is 0. The zero-order valence-electron chi connectivity index (χ0n) is 15.7. The summed E-state index contributed by atoms with van der Waals surface area (Å²) in [6, 6.07) is 16.8. The van der Waals surface area contributed by atoms with Crippen LogP contribution >= 0.6 is 11.3 Å². The molecule has 6 nitrogen and oxygen atoms in total. The van der Waals surface area contributed by atoms with Crippen LogP contribution in [-0.4, -0.2) is 24.1 Å². The number of carbonyl (C=O) groups is 1. The molecule has 1 atom stereocenters. The molecule has 0 bridgehead atoms. The Morgan fingerprint density at radius 2 is 1.90 bits per heavy atom. The molecule has 29 heavy (non-hydrogen) atoms. The van der Waals surface area contributed by atoms with Crippen LogP contribution in [0.4, 0.5) is 0 Å². The molecule has 0 aliphatic carbocycles. The molecule has 5 rings (SSSR count). The first-order chi connectivity index (χ1) is 14.2. The molecule has 0 fully saturated rings. The molecule has 1 N–H and O–H groups in total. The van der Waals surface area contributed by atoms with Gasteiger partial charge in [0.15, 0.2) is 28.0 Å². The van der Waals surface area contributed by atoms with E-state index in [0.717, 1.165) is 26.5 Å². The maximum atomic E-state index is 12.7. The van der Waals surface area contributed by atoms with Crippen molar-refractivity contribution in [2.75, 3.05) is 13.2 Å². The Balaban J connectivity index is 1.32. The molecular weight excluding hydrogens is 388 g/mol. The van der Waals surface area contributed by atoms with Crippen molar-refractivity contribution in [3.8, 4) is 22.3 Å². The molecule has 1 aliphatic heterocycles. The topological polar surface area (TPSA) is 73.6 Å². The van der Waals surface area contributed by atoms with Gasteiger partial charge in [-0.15, -0.1) is 11.3 Å². The minimum absolute atomic E-state index is 0.214. The van der Waals surface area contributed by atoms with Crippen molar-refractivity contribution in [3.05, 3.63) is 65.9 Å². The fraction of sp³-hybridized carbons (Fsp3) is 0.182. The largest absolute Gasteiger partial charge is 0.486 e. The molecule has 3 heterocycles. The maximum Gasteiger partial charge on any atom is 0.287 e. The van der Waals surface area contributed by atoms with E-state index in [1.165, 1.54) is 11.3 Å². The number of nitrogens with one attached hydrogen (secondary N) is 1. The van der Waals surface area contributed by atoms with Crippen LogP contribution in [0, 0.1) is 0 Å². The Bertz CT molecular complexity index is 1160. The Labute approximate surface area is 171 Å². The molecule has 1 amide bonds. The number of rotatable bonds is 4. The number of fused-ring (bicyclic) bond motifs is 2. The van der Waals surface area contributed by atoms with Crippen LogP contribution in [0.3, 0.4) is 0 Å². The number of thiazole rings is 1. The average Bonchev–Trinajstić information content (AvgIpc) is 3.40. The van der Waals surface area contributed by atoms with Crippen molar-refractivity contribution in [2.45, 2.75) is 13.0 Å². The van der Waals surface area contributed by atoms with Crippen LogP contribution in [0.5, 0.6) is 11.5 Å². The second-order valence-corrected chi connectivity index (χ2v) is 7.78. The highest BCUT2D eigenvalue weighted by Gasteiger charge is 2.19. The molecule has 0 saturated carbocycles. The number of aromatic nitrogens is 1. The number of hydrogen-bond donors (Lipinski definition) is 1. The van der Waals surface area contributed by atoms with Gasteiger partial charge in [0, 0.05) is 0 Å². The summed E-state index contributed by atoms with van der Waals surface area (Å²) in [5, 5.41) is 3.72. The number of hydrogen-bond acceptors (Lipinski definition) is 6. The maximum absolute atomic E-state index is 12.7. The minimum Gasteiger partial charge on any atom is -0.486 e. The molecule has 0 saturated heterocycles. The van der Waals surface area contributed by atoms with Gasteiger partial charge in [0.25, 0.3) is 5.91 Å². The fourth-order valence-electron chi connectivity index (χ4n) is 3.23. The number of benzene rings is 2. The van der Waals surface area contributed by atoms with Gasteiger partial charge in [-0.25, -0.2) is 4.98 Å². The van der Waals surface area contributed by atoms with Gasteiger partial charge in [-0.2, -0.15) is 0 Å². The van der Waals surface area contributed by atoms with Gasteiger partial charge in [0.05, 0.1) is 16.3 Å². The predicted molar refractivity (Wildman–Crippen MR) is 111 cm³/mol. The van der Waals surface area contributed by atoms with E-state index in [9.17, 15) is 4.79 Å². The van der Waals surface area contributed by atoms with Gasteiger partial charge in [0.1, 0.15) is 13.2 Å². The van der Waals surface area contributed by atoms with Gasteiger partial charge in [0.2, 0.25) is 0 Å². The second-order valence-electron chi connectivity index (χ2n) is 6.75. The highest BCUT2D eigenvalue weighted by molar-refractivity contribution is 7.21. The lowest BCUT2D eigenvalue weighted by Crippen LogP contribution is -2.26. The van der Waals surface area contributed by atoms with E-state index in [1.807, 2.05) is 49.4 Å². The lowest BCUT2D eigenvalue weighted by atomic mass is 10.1. The highest BCUT2D eigenvalue weighted by atomic mass is 32.1. The number of para-hydroxylation sites is 1. The smallest absolute Gasteiger partial charge is 0.287 e. The van der Waals surface area contributed by atoms with Crippen LogP contribution in [0.25, 0.3) is 21.0 Å². The van der Waals surface area contributed by atoms with E-state index in [2.05, 4.69) is 10.3 Å². The Kier molecular flexibility index (Phi) is 4.44. The van der Waals surface area contributed by atoms with E-state index in [4.69, 9.17) is 13.9 Å². The lowest BCUT2D eigenvalue weighted by molar-refractivity contribution is 0.0912. The minimum atomic E-state index is -0.278. The van der Waals surface area contributed by atoms with E-state index < -0.39 is 0 Å². The van der Waals surface area contributed by atoms with E-state index >= 15 is 0 Å². The number of amides is 1. The van der Waals surface area contributed by atoms with E-state index in [1.54, 1.807) is 12.1 Å². The van der Waals surface area contributed by atoms with Crippen molar-refractivity contribution in [2.24, 2.45) is 0 Å². The molecule has 4 aromatic rings. The van der Waals surface area contributed by atoms with Crippen LogP contribution < -0.4 is 14.8 Å². The van der Waals surface area contributed by atoms with Gasteiger partial charge in [-0.05, 0) is 48.9 Å². The molecular formula is C22H18N2O4S. The van der Waals surface area contributed by atoms with Crippen molar-refractivity contribution in [3.63, 3.8) is 0 Å². The number of ether oxygens (including phenoxy) is 2. The van der Waals surface area contributed by atoms with Crippen molar-refractivity contribution in [1.29, 1.82) is 0 Å². The normalized spacial score (nSPS) is 14.0. The van der Waals surface area contributed by atoms with Crippen LogP contribution in [0.2, 0.25) is 0 Å². The van der Waals surface area contributed by atoms with Crippen LogP contribution in [0.1, 0.15) is 29.1 Å². The van der Waals surface area contributed by atoms with Crippen LogP contribution in [-0.2, 0) is 0 Å². The monoisotopic (exact) mass is 406 g/mol. The quantitative estimate of drug-likeness (QED) is 0.526.